The number of hydrogen-bond donors (Lipinski definition) is 4. The lowest BCUT2D eigenvalue weighted by Gasteiger charge is -2.10. The van der Waals surface area contributed by atoms with Crippen LogP contribution < -0.4 is 20.1 Å². The molecule has 4 amide bonds. The van der Waals surface area contributed by atoms with Gasteiger partial charge in [0.25, 0.3) is 20.0 Å². The number of hydrogen-bond acceptors (Lipinski definition) is 10. The number of rotatable bonds is 14. The number of ether oxygens (including phenoxy) is 2. The van der Waals surface area contributed by atoms with Crippen LogP contribution in [0.15, 0.2) is 107 Å². The van der Waals surface area contributed by atoms with E-state index in [0.29, 0.717) is 19.3 Å². The number of nitrogens with one attached hydrogen (secondary N) is 4. The van der Waals surface area contributed by atoms with Gasteiger partial charge in [-0.3, -0.25) is 0 Å². The van der Waals surface area contributed by atoms with Gasteiger partial charge >= 0.3 is 24.0 Å². The van der Waals surface area contributed by atoms with Crippen LogP contribution in [0.1, 0.15) is 51.1 Å². The van der Waals surface area contributed by atoms with Gasteiger partial charge in [0.05, 0.1) is 34.1 Å². The fourth-order valence-corrected chi connectivity index (χ4v) is 6.25. The number of aryl methyl sites for hydroxylation is 2. The minimum atomic E-state index is -4.10. The summed E-state index contributed by atoms with van der Waals surface area (Å²) in [7, 11) is -8.19. The second-order valence-electron chi connectivity index (χ2n) is 11.2. The maximum atomic E-state index is 12.5. The van der Waals surface area contributed by atoms with Gasteiger partial charge in [0.1, 0.15) is 0 Å². The van der Waals surface area contributed by atoms with Crippen molar-refractivity contribution in [2.45, 2.75) is 42.9 Å². The molecule has 0 bridgehead atoms. The number of esters is 2. The molecule has 16 heteroatoms. The van der Waals surface area contributed by atoms with E-state index in [1.54, 1.807) is 38.1 Å². The summed E-state index contributed by atoms with van der Waals surface area (Å²) in [6.45, 7) is 3.76. The van der Waals surface area contributed by atoms with Crippen LogP contribution in [0.25, 0.3) is 0 Å². The third-order valence-corrected chi connectivity index (χ3v) is 9.78. The molecule has 4 aromatic rings. The smallest absolute Gasteiger partial charge is 0.338 e. The fraction of sp³-hybridized carbons (Fsp3) is 0.200. The fourth-order valence-electron chi connectivity index (χ4n) is 4.44. The molecule has 0 fully saturated rings. The van der Waals surface area contributed by atoms with Crippen LogP contribution in [0.2, 0.25) is 0 Å². The highest BCUT2D eigenvalue weighted by molar-refractivity contribution is 7.90. The minimum Gasteiger partial charge on any atom is -0.462 e. The lowest BCUT2D eigenvalue weighted by Crippen LogP contribution is -2.34. The van der Waals surface area contributed by atoms with Crippen LogP contribution in [-0.2, 0) is 29.5 Å². The molecular formula is C35H36N4O10S2. The Morgan fingerprint density at radius 2 is 0.902 bits per heavy atom. The average Bonchev–Trinajstić information content (AvgIpc) is 3.07. The summed E-state index contributed by atoms with van der Waals surface area (Å²) in [5, 5.41) is 4.78. The van der Waals surface area contributed by atoms with Crippen LogP contribution >= 0.6 is 0 Å². The van der Waals surface area contributed by atoms with Gasteiger partial charge in [-0.25, -0.2) is 45.5 Å². The van der Waals surface area contributed by atoms with Crippen molar-refractivity contribution < 1.29 is 45.5 Å². The van der Waals surface area contributed by atoms with Gasteiger partial charge in [-0.15, -0.1) is 0 Å². The first-order valence-corrected chi connectivity index (χ1v) is 18.5. The molecule has 0 aliphatic heterocycles. The normalized spacial score (nSPS) is 11.2. The first-order valence-electron chi connectivity index (χ1n) is 15.6. The standard InChI is InChI=1S/C35H36N4O10S2/c1-24-12-16-30(17-13-24)50(44,45)38-34(42)36-28-10-6-8-26(22-28)32(40)48-20-4-3-5-21-49-33(41)27-9-7-11-29(23-27)37-35(43)39-51(46,47)31-18-14-25(2)15-19-31/h6-19,22-23H,3-5,20-21H2,1-2H3,(H2,36,38,42)(H2,37,39,43). The molecule has 4 N–H and O–H groups in total. The molecule has 51 heavy (non-hydrogen) atoms. The van der Waals surface area contributed by atoms with E-state index in [1.807, 2.05) is 9.44 Å². The zero-order valence-electron chi connectivity index (χ0n) is 27.7. The van der Waals surface area contributed by atoms with Crippen LogP contribution in [0, 0.1) is 13.8 Å². The quantitative estimate of drug-likeness (QED) is 0.0945. The molecule has 0 aliphatic rings. The van der Waals surface area contributed by atoms with E-state index in [4.69, 9.17) is 9.47 Å². The molecule has 0 radical (unpaired) electrons. The Labute approximate surface area is 295 Å². The Balaban J connectivity index is 1.14. The lowest BCUT2D eigenvalue weighted by molar-refractivity contribution is 0.0477. The number of anilines is 2. The van der Waals surface area contributed by atoms with Crippen LogP contribution in [0.4, 0.5) is 21.0 Å². The second kappa shape index (κ2) is 17.3. The molecule has 0 atom stereocenters. The van der Waals surface area contributed by atoms with Crippen molar-refractivity contribution in [3.8, 4) is 0 Å². The number of benzene rings is 4. The van der Waals surface area contributed by atoms with Gasteiger partial charge in [-0.1, -0.05) is 47.5 Å². The summed E-state index contributed by atoms with van der Waals surface area (Å²) in [4.78, 5) is 49.6. The van der Waals surface area contributed by atoms with E-state index >= 15 is 0 Å². The van der Waals surface area contributed by atoms with Crippen molar-refractivity contribution in [3.05, 3.63) is 119 Å². The van der Waals surface area contributed by atoms with Gasteiger partial charge in [0.2, 0.25) is 0 Å². The van der Waals surface area contributed by atoms with Gasteiger partial charge in [0, 0.05) is 11.4 Å². The molecule has 0 saturated carbocycles. The molecule has 14 nitrogen and oxygen atoms in total. The van der Waals surface area contributed by atoms with Gasteiger partial charge < -0.3 is 20.1 Å². The van der Waals surface area contributed by atoms with Crippen molar-refractivity contribution in [3.63, 3.8) is 0 Å². The maximum Gasteiger partial charge on any atom is 0.338 e. The molecule has 0 aromatic heterocycles. The number of sulfonamides is 2. The summed E-state index contributed by atoms with van der Waals surface area (Å²) >= 11 is 0. The van der Waals surface area contributed by atoms with E-state index in [1.165, 1.54) is 72.8 Å². The zero-order chi connectivity index (χ0) is 37.0. The molecule has 268 valence electrons. The van der Waals surface area contributed by atoms with Crippen molar-refractivity contribution in [2.24, 2.45) is 0 Å². The average molecular weight is 737 g/mol. The number of carbonyl (C=O) groups is 4. The highest BCUT2D eigenvalue weighted by Crippen LogP contribution is 2.16. The summed E-state index contributed by atoms with van der Waals surface area (Å²) in [6.07, 6.45) is 1.51. The third kappa shape index (κ3) is 11.7. The van der Waals surface area contributed by atoms with Gasteiger partial charge in [-0.05, 0) is 93.8 Å². The molecule has 0 unspecified atom stereocenters. The topological polar surface area (TPSA) is 203 Å². The maximum absolute atomic E-state index is 12.5. The highest BCUT2D eigenvalue weighted by Gasteiger charge is 2.19. The molecule has 0 spiro atoms. The van der Waals surface area contributed by atoms with Crippen molar-refractivity contribution >= 4 is 55.4 Å². The largest absolute Gasteiger partial charge is 0.462 e. The summed E-state index contributed by atoms with van der Waals surface area (Å²) in [6, 6.07) is 21.6. The monoisotopic (exact) mass is 736 g/mol. The number of carbonyl (C=O) groups excluding carboxylic acids is 4. The first-order chi connectivity index (χ1) is 24.2. The SMILES string of the molecule is Cc1ccc(S(=O)(=O)NC(=O)Nc2cccc(C(=O)OCCCCCOC(=O)c3cccc(NC(=O)NS(=O)(=O)c4ccc(C)cc4)c3)c2)cc1. The van der Waals surface area contributed by atoms with Crippen LogP contribution in [-0.4, -0.2) is 54.1 Å². The van der Waals surface area contributed by atoms with E-state index < -0.39 is 44.0 Å². The Morgan fingerprint density at radius 3 is 1.27 bits per heavy atom. The second-order valence-corrected chi connectivity index (χ2v) is 14.6. The summed E-state index contributed by atoms with van der Waals surface area (Å²) in [5.74, 6) is -1.29. The van der Waals surface area contributed by atoms with E-state index in [0.717, 1.165) is 11.1 Å². The third-order valence-electron chi connectivity index (χ3n) is 7.08. The number of urea groups is 2. The molecular weight excluding hydrogens is 701 g/mol. The zero-order valence-corrected chi connectivity index (χ0v) is 29.3. The Hall–Kier alpha value is -5.74. The van der Waals surface area contributed by atoms with E-state index in [9.17, 15) is 36.0 Å². The Morgan fingerprint density at radius 1 is 0.529 bits per heavy atom. The first kappa shape index (κ1) is 38.1. The Bertz CT molecular complexity index is 1950. The lowest BCUT2D eigenvalue weighted by atomic mass is 10.2. The molecule has 0 heterocycles. The number of amides is 4. The molecule has 4 aromatic carbocycles. The van der Waals surface area contributed by atoms with Gasteiger partial charge in [-0.2, -0.15) is 0 Å². The predicted molar refractivity (Wildman–Crippen MR) is 188 cm³/mol. The van der Waals surface area contributed by atoms with Crippen LogP contribution in [0.5, 0.6) is 0 Å². The number of unbranched alkanes of at least 4 members (excludes halogenated alkanes) is 2. The van der Waals surface area contributed by atoms with Crippen molar-refractivity contribution in [1.82, 2.24) is 9.44 Å². The van der Waals surface area contributed by atoms with E-state index in [-0.39, 0.29) is 45.5 Å². The van der Waals surface area contributed by atoms with Crippen molar-refractivity contribution in [1.29, 1.82) is 0 Å². The molecule has 0 aliphatic carbocycles. The Kier molecular flexibility index (Phi) is 12.9. The van der Waals surface area contributed by atoms with Crippen LogP contribution in [0.3, 0.4) is 0 Å². The predicted octanol–water partition coefficient (Wildman–Crippen LogP) is 5.51. The summed E-state index contributed by atoms with van der Waals surface area (Å²) < 4.78 is 64.2. The minimum absolute atomic E-state index is 0.0725. The summed E-state index contributed by atoms with van der Waals surface area (Å²) in [5.41, 5.74) is 2.37. The van der Waals surface area contributed by atoms with Gasteiger partial charge in [0.15, 0.2) is 0 Å². The van der Waals surface area contributed by atoms with Crippen molar-refractivity contribution in [2.75, 3.05) is 23.8 Å². The van der Waals surface area contributed by atoms with E-state index in [2.05, 4.69) is 10.6 Å². The molecule has 4 rings (SSSR count). The molecule has 0 saturated heterocycles. The highest BCUT2D eigenvalue weighted by atomic mass is 32.2.